The van der Waals surface area contributed by atoms with Crippen LogP contribution in [0.5, 0.6) is 5.75 Å². The molecule has 2 rings (SSSR count). The summed E-state index contributed by atoms with van der Waals surface area (Å²) in [7, 11) is 1.57. The molecule has 1 unspecified atom stereocenters. The van der Waals surface area contributed by atoms with Crippen LogP contribution in [0.15, 0.2) is 48.5 Å². The molecule has 0 aliphatic heterocycles. The van der Waals surface area contributed by atoms with Crippen molar-refractivity contribution in [3.63, 3.8) is 0 Å². The molecule has 0 radical (unpaired) electrons. The minimum Gasteiger partial charge on any atom is -0.496 e. The number of aliphatic hydroxyl groups is 1. The number of ether oxygens (including phenoxy) is 1. The van der Waals surface area contributed by atoms with Crippen LogP contribution >= 0.6 is 0 Å². The Morgan fingerprint density at radius 1 is 1.09 bits per heavy atom. The molecule has 0 saturated heterocycles. The number of nitrogens with one attached hydrogen (secondary N) is 1. The fourth-order valence-corrected chi connectivity index (χ4v) is 2.30. The Hall–Kier alpha value is -2.33. The van der Waals surface area contributed by atoms with E-state index in [1.807, 2.05) is 45.0 Å². The molecule has 4 nitrogen and oxygen atoms in total. The van der Waals surface area contributed by atoms with E-state index >= 15 is 0 Å². The summed E-state index contributed by atoms with van der Waals surface area (Å²) in [6, 6.07) is 14.3. The standard InChI is InChI=1S/C19H23NO3/c1-19(2,3)20-18(22)14-11-9-13(10-12-14)17(21)15-7-5-6-8-16(15)23-4/h5-12,17,21H,1-4H3,(H,20,22). The Bertz CT molecular complexity index is 672. The minimum atomic E-state index is -0.800. The highest BCUT2D eigenvalue weighted by atomic mass is 16.5. The molecule has 4 heteroatoms. The third kappa shape index (κ3) is 4.33. The van der Waals surface area contributed by atoms with Crippen molar-refractivity contribution in [3.05, 3.63) is 65.2 Å². The lowest BCUT2D eigenvalue weighted by molar-refractivity contribution is 0.0919. The second-order valence-electron chi connectivity index (χ2n) is 6.47. The first-order valence-electron chi connectivity index (χ1n) is 7.55. The molecule has 0 spiro atoms. The van der Waals surface area contributed by atoms with Gasteiger partial charge in [-0.05, 0) is 44.5 Å². The van der Waals surface area contributed by atoms with E-state index in [-0.39, 0.29) is 11.4 Å². The van der Waals surface area contributed by atoms with E-state index in [1.165, 1.54) is 0 Å². The highest BCUT2D eigenvalue weighted by molar-refractivity contribution is 5.94. The molecule has 2 N–H and O–H groups in total. The Labute approximate surface area is 137 Å². The van der Waals surface area contributed by atoms with Gasteiger partial charge < -0.3 is 15.2 Å². The summed E-state index contributed by atoms with van der Waals surface area (Å²) in [5.74, 6) is 0.505. The summed E-state index contributed by atoms with van der Waals surface area (Å²) in [5.41, 5.74) is 1.69. The van der Waals surface area contributed by atoms with Crippen LogP contribution in [0.2, 0.25) is 0 Å². The number of hydrogen-bond acceptors (Lipinski definition) is 3. The summed E-state index contributed by atoms with van der Waals surface area (Å²) in [4.78, 5) is 12.1. The third-order valence-corrected chi connectivity index (χ3v) is 3.41. The smallest absolute Gasteiger partial charge is 0.251 e. The molecule has 1 atom stereocenters. The van der Waals surface area contributed by atoms with Crippen molar-refractivity contribution in [2.45, 2.75) is 32.4 Å². The molecule has 0 fully saturated rings. The first-order valence-corrected chi connectivity index (χ1v) is 7.55. The Morgan fingerprint density at radius 2 is 1.70 bits per heavy atom. The van der Waals surface area contributed by atoms with Crippen molar-refractivity contribution in [1.29, 1.82) is 0 Å². The van der Waals surface area contributed by atoms with Crippen molar-refractivity contribution >= 4 is 5.91 Å². The van der Waals surface area contributed by atoms with Gasteiger partial charge in [0.15, 0.2) is 0 Å². The Morgan fingerprint density at radius 3 is 2.26 bits per heavy atom. The minimum absolute atomic E-state index is 0.129. The number of methoxy groups -OCH3 is 1. The van der Waals surface area contributed by atoms with E-state index in [0.717, 1.165) is 0 Å². The van der Waals surface area contributed by atoms with E-state index in [1.54, 1.807) is 31.4 Å². The number of benzene rings is 2. The van der Waals surface area contributed by atoms with E-state index in [9.17, 15) is 9.90 Å². The molecular weight excluding hydrogens is 290 g/mol. The highest BCUT2D eigenvalue weighted by Gasteiger charge is 2.17. The highest BCUT2D eigenvalue weighted by Crippen LogP contribution is 2.29. The maximum absolute atomic E-state index is 12.1. The van der Waals surface area contributed by atoms with Crippen molar-refractivity contribution in [1.82, 2.24) is 5.32 Å². The van der Waals surface area contributed by atoms with Gasteiger partial charge in [-0.15, -0.1) is 0 Å². The van der Waals surface area contributed by atoms with E-state index in [4.69, 9.17) is 4.74 Å². The number of hydrogen-bond donors (Lipinski definition) is 2. The lowest BCUT2D eigenvalue weighted by atomic mass is 9.99. The SMILES string of the molecule is COc1ccccc1C(O)c1ccc(C(=O)NC(C)(C)C)cc1. The monoisotopic (exact) mass is 313 g/mol. The topological polar surface area (TPSA) is 58.6 Å². The number of amides is 1. The summed E-state index contributed by atoms with van der Waals surface area (Å²) in [5, 5.41) is 13.5. The van der Waals surface area contributed by atoms with Gasteiger partial charge >= 0.3 is 0 Å². The van der Waals surface area contributed by atoms with Gasteiger partial charge in [0.05, 0.1) is 7.11 Å². The van der Waals surface area contributed by atoms with Crippen LogP contribution in [0, 0.1) is 0 Å². The number of carbonyl (C=O) groups excluding carboxylic acids is 1. The average Bonchev–Trinajstić information content (AvgIpc) is 2.52. The zero-order valence-corrected chi connectivity index (χ0v) is 14.0. The van der Waals surface area contributed by atoms with Crippen LogP contribution in [-0.4, -0.2) is 23.7 Å². The molecule has 0 heterocycles. The lowest BCUT2D eigenvalue weighted by Gasteiger charge is -2.20. The van der Waals surface area contributed by atoms with Gasteiger partial charge in [0.1, 0.15) is 11.9 Å². The van der Waals surface area contributed by atoms with Gasteiger partial charge in [-0.1, -0.05) is 30.3 Å². The normalized spacial score (nSPS) is 12.6. The predicted molar refractivity (Wildman–Crippen MR) is 90.7 cm³/mol. The summed E-state index contributed by atoms with van der Waals surface area (Å²) in [6.07, 6.45) is -0.800. The number of rotatable bonds is 4. The van der Waals surface area contributed by atoms with Gasteiger partial charge in [0.2, 0.25) is 0 Å². The van der Waals surface area contributed by atoms with E-state index < -0.39 is 6.10 Å². The predicted octanol–water partition coefficient (Wildman–Crippen LogP) is 3.31. The maximum atomic E-state index is 12.1. The molecule has 0 saturated carbocycles. The van der Waals surface area contributed by atoms with Crippen LogP contribution < -0.4 is 10.1 Å². The van der Waals surface area contributed by atoms with Crippen LogP contribution in [0.4, 0.5) is 0 Å². The third-order valence-electron chi connectivity index (χ3n) is 3.41. The molecule has 0 aliphatic carbocycles. The van der Waals surface area contributed by atoms with Crippen LogP contribution in [-0.2, 0) is 0 Å². The fourth-order valence-electron chi connectivity index (χ4n) is 2.30. The number of para-hydroxylation sites is 1. The molecule has 0 aliphatic rings. The van der Waals surface area contributed by atoms with Gasteiger partial charge in [-0.2, -0.15) is 0 Å². The average molecular weight is 313 g/mol. The molecule has 0 aromatic heterocycles. The fraction of sp³-hybridized carbons (Fsp3) is 0.316. The van der Waals surface area contributed by atoms with E-state index in [2.05, 4.69) is 5.32 Å². The van der Waals surface area contributed by atoms with Gasteiger partial charge in [0, 0.05) is 16.7 Å². The number of aliphatic hydroxyl groups excluding tert-OH is 1. The zero-order valence-electron chi connectivity index (χ0n) is 14.0. The van der Waals surface area contributed by atoms with Gasteiger partial charge in [-0.3, -0.25) is 4.79 Å². The van der Waals surface area contributed by atoms with E-state index in [0.29, 0.717) is 22.4 Å². The zero-order chi connectivity index (χ0) is 17.0. The van der Waals surface area contributed by atoms with Crippen LogP contribution in [0.1, 0.15) is 48.4 Å². The van der Waals surface area contributed by atoms with Gasteiger partial charge in [0.25, 0.3) is 5.91 Å². The van der Waals surface area contributed by atoms with Crippen molar-refractivity contribution < 1.29 is 14.6 Å². The molecular formula is C19H23NO3. The van der Waals surface area contributed by atoms with Gasteiger partial charge in [-0.25, -0.2) is 0 Å². The molecule has 0 bridgehead atoms. The Balaban J connectivity index is 2.20. The largest absolute Gasteiger partial charge is 0.496 e. The van der Waals surface area contributed by atoms with Crippen molar-refractivity contribution in [3.8, 4) is 5.75 Å². The molecule has 2 aromatic rings. The van der Waals surface area contributed by atoms with Crippen LogP contribution in [0.3, 0.4) is 0 Å². The summed E-state index contributed by atoms with van der Waals surface area (Å²) in [6.45, 7) is 5.81. The Kier molecular flexibility index (Phi) is 5.06. The molecule has 23 heavy (non-hydrogen) atoms. The maximum Gasteiger partial charge on any atom is 0.251 e. The molecule has 2 aromatic carbocycles. The molecule has 122 valence electrons. The first-order chi connectivity index (χ1) is 10.8. The second-order valence-corrected chi connectivity index (χ2v) is 6.47. The summed E-state index contributed by atoms with van der Waals surface area (Å²) >= 11 is 0. The first kappa shape index (κ1) is 17.0. The van der Waals surface area contributed by atoms with Crippen molar-refractivity contribution in [2.75, 3.05) is 7.11 Å². The quantitative estimate of drug-likeness (QED) is 0.910. The second kappa shape index (κ2) is 6.84. The lowest BCUT2D eigenvalue weighted by Crippen LogP contribution is -2.40. The van der Waals surface area contributed by atoms with Crippen molar-refractivity contribution in [2.24, 2.45) is 0 Å². The summed E-state index contributed by atoms with van der Waals surface area (Å²) < 4.78 is 5.28. The van der Waals surface area contributed by atoms with Crippen LogP contribution in [0.25, 0.3) is 0 Å². The molecule has 1 amide bonds. The number of carbonyl (C=O) groups is 1.